The summed E-state index contributed by atoms with van der Waals surface area (Å²) in [5.74, 6) is 0.700. The molecular formula is C21H25F3N4O3. The lowest BCUT2D eigenvalue weighted by atomic mass is 9.84. The fourth-order valence-electron chi connectivity index (χ4n) is 4.08. The van der Waals surface area contributed by atoms with Crippen molar-refractivity contribution < 1.29 is 27.6 Å². The van der Waals surface area contributed by atoms with Gasteiger partial charge in [-0.05, 0) is 24.1 Å². The Labute approximate surface area is 177 Å². The topological polar surface area (TPSA) is 82.7 Å². The van der Waals surface area contributed by atoms with Crippen molar-refractivity contribution in [2.75, 3.05) is 26.2 Å². The summed E-state index contributed by atoms with van der Waals surface area (Å²) in [4.78, 5) is 20.6. The molecule has 2 aliphatic rings. The van der Waals surface area contributed by atoms with Crippen molar-refractivity contribution in [1.29, 1.82) is 0 Å². The second-order valence-electron chi connectivity index (χ2n) is 8.64. The van der Waals surface area contributed by atoms with Gasteiger partial charge in [0.1, 0.15) is 0 Å². The first kappa shape index (κ1) is 21.6. The standard InChI is InChI=1S/C21H25F3N4O3/c1-12(2)18-25-19(31-26-18)15-7-14(13-3-5-16(6-4-13)21(22,23)24)8-27(9-15)20(30)28-10-17(29)11-28/h3-6,12,14-15,17,29H,7-11H2,1-2H3. The van der Waals surface area contributed by atoms with Crippen LogP contribution in [0.3, 0.4) is 0 Å². The van der Waals surface area contributed by atoms with Crippen LogP contribution in [0.25, 0.3) is 0 Å². The lowest BCUT2D eigenvalue weighted by Gasteiger charge is -2.43. The Morgan fingerprint density at radius 2 is 1.71 bits per heavy atom. The van der Waals surface area contributed by atoms with Crippen LogP contribution in [0.1, 0.15) is 60.9 Å². The number of carbonyl (C=O) groups is 1. The van der Waals surface area contributed by atoms with Crippen LogP contribution in [0.4, 0.5) is 18.0 Å². The Kier molecular flexibility index (Phi) is 5.67. The number of alkyl halides is 3. The van der Waals surface area contributed by atoms with Crippen LogP contribution in [0.15, 0.2) is 28.8 Å². The third kappa shape index (κ3) is 4.53. The number of halogens is 3. The molecule has 2 aliphatic heterocycles. The van der Waals surface area contributed by atoms with E-state index in [1.807, 2.05) is 13.8 Å². The van der Waals surface area contributed by atoms with E-state index in [1.165, 1.54) is 12.1 Å². The Hall–Kier alpha value is -2.62. The van der Waals surface area contributed by atoms with Crippen molar-refractivity contribution in [3.05, 3.63) is 47.1 Å². The summed E-state index contributed by atoms with van der Waals surface area (Å²) in [7, 11) is 0. The van der Waals surface area contributed by atoms with E-state index in [0.717, 1.165) is 17.7 Å². The lowest BCUT2D eigenvalue weighted by molar-refractivity contribution is -0.137. The molecule has 0 aliphatic carbocycles. The molecule has 2 fully saturated rings. The molecule has 2 amide bonds. The third-order valence-electron chi connectivity index (χ3n) is 5.89. The van der Waals surface area contributed by atoms with Gasteiger partial charge in [-0.1, -0.05) is 31.1 Å². The minimum Gasteiger partial charge on any atom is -0.389 e. The van der Waals surface area contributed by atoms with Crippen molar-refractivity contribution in [3.63, 3.8) is 0 Å². The highest BCUT2D eigenvalue weighted by atomic mass is 19.4. The van der Waals surface area contributed by atoms with E-state index in [-0.39, 0.29) is 36.9 Å². The van der Waals surface area contributed by atoms with E-state index < -0.39 is 17.8 Å². The molecule has 0 spiro atoms. The predicted octanol–water partition coefficient (Wildman–Crippen LogP) is 3.58. The number of rotatable bonds is 3. The maximum Gasteiger partial charge on any atom is 0.416 e. The molecular weight excluding hydrogens is 413 g/mol. The van der Waals surface area contributed by atoms with Gasteiger partial charge in [-0.15, -0.1) is 0 Å². The number of aliphatic hydroxyl groups is 1. The molecule has 0 saturated carbocycles. The molecule has 2 aromatic rings. The maximum atomic E-state index is 12.9. The number of aromatic nitrogens is 2. The Balaban J connectivity index is 1.58. The molecule has 168 valence electrons. The molecule has 3 heterocycles. The molecule has 1 aromatic heterocycles. The van der Waals surface area contributed by atoms with E-state index in [0.29, 0.717) is 31.2 Å². The van der Waals surface area contributed by atoms with E-state index >= 15 is 0 Å². The van der Waals surface area contributed by atoms with Crippen molar-refractivity contribution in [3.8, 4) is 0 Å². The maximum absolute atomic E-state index is 12.9. The predicted molar refractivity (Wildman–Crippen MR) is 104 cm³/mol. The zero-order valence-corrected chi connectivity index (χ0v) is 17.3. The van der Waals surface area contributed by atoms with E-state index in [9.17, 15) is 23.1 Å². The van der Waals surface area contributed by atoms with E-state index in [1.54, 1.807) is 9.80 Å². The molecule has 1 aromatic carbocycles. The van der Waals surface area contributed by atoms with Crippen molar-refractivity contribution in [2.45, 2.75) is 50.3 Å². The average molecular weight is 438 g/mol. The van der Waals surface area contributed by atoms with Gasteiger partial charge >= 0.3 is 12.2 Å². The molecule has 4 rings (SSSR count). The molecule has 2 atom stereocenters. The molecule has 2 unspecified atom stereocenters. The smallest absolute Gasteiger partial charge is 0.389 e. The minimum atomic E-state index is -4.40. The van der Waals surface area contributed by atoms with Crippen LogP contribution in [0.2, 0.25) is 0 Å². The van der Waals surface area contributed by atoms with Gasteiger partial charge in [0.2, 0.25) is 5.89 Å². The number of urea groups is 1. The Morgan fingerprint density at radius 3 is 2.26 bits per heavy atom. The summed E-state index contributed by atoms with van der Waals surface area (Å²) in [5.41, 5.74) is 0.0207. The molecule has 10 heteroatoms. The largest absolute Gasteiger partial charge is 0.416 e. The first-order valence-electron chi connectivity index (χ1n) is 10.3. The van der Waals surface area contributed by atoms with Crippen LogP contribution in [-0.4, -0.2) is 63.4 Å². The summed E-state index contributed by atoms with van der Waals surface area (Å²) in [6.45, 7) is 5.21. The number of amides is 2. The number of likely N-dealkylation sites (tertiary alicyclic amines) is 2. The quantitative estimate of drug-likeness (QED) is 0.792. The fraction of sp³-hybridized carbons (Fsp3) is 0.571. The highest BCUT2D eigenvalue weighted by molar-refractivity contribution is 5.75. The summed E-state index contributed by atoms with van der Waals surface area (Å²) in [6, 6.07) is 4.88. The zero-order chi connectivity index (χ0) is 22.3. The SMILES string of the molecule is CC(C)c1noc(C2CC(c3ccc(C(F)(F)F)cc3)CN(C(=O)N3CC(O)C3)C2)n1. The Bertz CT molecular complexity index is 923. The number of hydrogen-bond acceptors (Lipinski definition) is 5. The number of hydrogen-bond donors (Lipinski definition) is 1. The first-order valence-corrected chi connectivity index (χ1v) is 10.3. The van der Waals surface area contributed by atoms with Crippen LogP contribution >= 0.6 is 0 Å². The molecule has 2 saturated heterocycles. The fourth-order valence-corrected chi connectivity index (χ4v) is 4.08. The number of piperidine rings is 1. The van der Waals surface area contributed by atoms with Gasteiger partial charge in [-0.2, -0.15) is 18.2 Å². The number of β-amino-alcohol motifs (C(OH)–C–C–N with tert-alkyl or cyclic N) is 1. The van der Waals surface area contributed by atoms with Crippen molar-refractivity contribution >= 4 is 6.03 Å². The Morgan fingerprint density at radius 1 is 1.10 bits per heavy atom. The first-order chi connectivity index (χ1) is 14.6. The highest BCUT2D eigenvalue weighted by Crippen LogP contribution is 2.37. The summed E-state index contributed by atoms with van der Waals surface area (Å²) in [5, 5.41) is 13.5. The van der Waals surface area contributed by atoms with Gasteiger partial charge in [0.05, 0.1) is 30.7 Å². The number of carbonyl (C=O) groups excluding carboxylic acids is 1. The molecule has 7 nitrogen and oxygen atoms in total. The van der Waals surface area contributed by atoms with Crippen LogP contribution in [0.5, 0.6) is 0 Å². The van der Waals surface area contributed by atoms with Gasteiger partial charge < -0.3 is 19.4 Å². The average Bonchev–Trinajstić information content (AvgIpc) is 3.21. The van der Waals surface area contributed by atoms with Gasteiger partial charge in [-0.25, -0.2) is 4.79 Å². The zero-order valence-electron chi connectivity index (χ0n) is 17.3. The summed E-state index contributed by atoms with van der Waals surface area (Å²) >= 11 is 0. The second-order valence-corrected chi connectivity index (χ2v) is 8.64. The molecule has 0 bridgehead atoms. The highest BCUT2D eigenvalue weighted by Gasteiger charge is 2.39. The van der Waals surface area contributed by atoms with E-state index in [4.69, 9.17) is 4.52 Å². The number of nitrogens with zero attached hydrogens (tertiary/aromatic N) is 4. The summed E-state index contributed by atoms with van der Waals surface area (Å²) in [6.07, 6.45) is -4.33. The van der Waals surface area contributed by atoms with Gasteiger partial charge in [-0.3, -0.25) is 0 Å². The lowest BCUT2D eigenvalue weighted by Crippen LogP contribution is -2.59. The molecule has 1 N–H and O–H groups in total. The van der Waals surface area contributed by atoms with Gasteiger partial charge in [0.25, 0.3) is 0 Å². The number of benzene rings is 1. The third-order valence-corrected chi connectivity index (χ3v) is 5.89. The normalized spacial score (nSPS) is 22.7. The summed E-state index contributed by atoms with van der Waals surface area (Å²) < 4.78 is 44.3. The van der Waals surface area contributed by atoms with E-state index in [2.05, 4.69) is 10.1 Å². The van der Waals surface area contributed by atoms with Crippen LogP contribution in [-0.2, 0) is 6.18 Å². The van der Waals surface area contributed by atoms with Gasteiger partial charge in [0.15, 0.2) is 5.82 Å². The molecule has 0 radical (unpaired) electrons. The van der Waals surface area contributed by atoms with Crippen LogP contribution in [0, 0.1) is 0 Å². The number of aliphatic hydroxyl groups excluding tert-OH is 1. The van der Waals surface area contributed by atoms with Gasteiger partial charge in [0, 0.05) is 24.9 Å². The monoisotopic (exact) mass is 438 g/mol. The van der Waals surface area contributed by atoms with Crippen molar-refractivity contribution in [2.24, 2.45) is 0 Å². The molecule has 31 heavy (non-hydrogen) atoms. The minimum absolute atomic E-state index is 0.0899. The van der Waals surface area contributed by atoms with Crippen LogP contribution < -0.4 is 0 Å². The van der Waals surface area contributed by atoms with Crippen molar-refractivity contribution in [1.82, 2.24) is 19.9 Å². The second kappa shape index (κ2) is 8.14.